The molecule has 1 heterocycles. The number of rotatable bonds is 5. The summed E-state index contributed by atoms with van der Waals surface area (Å²) in [4.78, 5) is 14.1. The Morgan fingerprint density at radius 3 is 2.50 bits per heavy atom. The maximum atomic E-state index is 11.6. The number of amides is 1. The molecule has 1 aromatic carbocycles. The third-order valence-corrected chi connectivity index (χ3v) is 6.56. The van der Waals surface area contributed by atoms with Crippen LogP contribution in [0.3, 0.4) is 0 Å². The van der Waals surface area contributed by atoms with Gasteiger partial charge >= 0.3 is 0 Å². The number of carbonyl (C=O) groups is 1. The van der Waals surface area contributed by atoms with E-state index in [1.807, 2.05) is 12.1 Å². The summed E-state index contributed by atoms with van der Waals surface area (Å²) in [6.45, 7) is 2.65. The third-order valence-electron chi connectivity index (χ3n) is 6.56. The van der Waals surface area contributed by atoms with Gasteiger partial charge in [0.2, 0.25) is 5.91 Å². The van der Waals surface area contributed by atoms with Crippen molar-refractivity contribution in [3.8, 4) is 0 Å². The maximum Gasteiger partial charge on any atom is 0.248 e. The fourth-order valence-corrected chi connectivity index (χ4v) is 5.21. The number of hydrogen-bond acceptors (Lipinski definition) is 4. The molecule has 1 aliphatic heterocycles. The average molecular weight is 381 g/mol. The highest BCUT2D eigenvalue weighted by Crippen LogP contribution is 2.52. The van der Waals surface area contributed by atoms with Crippen LogP contribution in [0.2, 0.25) is 0 Å². The molecule has 3 aliphatic rings. The largest absolute Gasteiger partial charge is 0.389 e. The molecule has 2 aliphatic carbocycles. The van der Waals surface area contributed by atoms with Crippen LogP contribution >= 0.6 is 12.4 Å². The number of nitrogens with two attached hydrogens (primary N) is 1. The summed E-state index contributed by atoms with van der Waals surface area (Å²) in [5, 5.41) is 10.3. The van der Waals surface area contributed by atoms with Gasteiger partial charge in [-0.15, -0.1) is 12.4 Å². The maximum absolute atomic E-state index is 11.6. The molecule has 0 radical (unpaired) electrons. The van der Waals surface area contributed by atoms with Gasteiger partial charge in [0.15, 0.2) is 0 Å². The van der Waals surface area contributed by atoms with Crippen LogP contribution in [0, 0.1) is 11.8 Å². The summed E-state index contributed by atoms with van der Waals surface area (Å²) in [6, 6.07) is 7.67. The SMILES string of the molecule is COC1(c2cccc(C(N)=O)c2)[C@@H]2CCC[C@H]1CN(CC1(O)CC1)C2.Cl. The molecule has 3 atom stereocenters. The number of aliphatic hydroxyl groups is 1. The Morgan fingerprint density at radius 2 is 1.96 bits per heavy atom. The number of piperidine rings is 1. The Kier molecular flexibility index (Phi) is 5.37. The minimum Gasteiger partial charge on any atom is -0.389 e. The highest BCUT2D eigenvalue weighted by Gasteiger charge is 2.54. The lowest BCUT2D eigenvalue weighted by Crippen LogP contribution is -2.60. The second kappa shape index (κ2) is 7.12. The molecule has 6 heteroatoms. The van der Waals surface area contributed by atoms with E-state index in [2.05, 4.69) is 11.0 Å². The standard InChI is InChI=1S/C20H28N2O3.ClH/c1-25-20(15-5-2-4-14(10-15)18(21)23)16-6-3-7-17(20)12-22(11-16)13-19(24)8-9-19;/h2,4-5,10,16-17,24H,3,6-9,11-13H2,1H3,(H2,21,23);1H/t16-,17+,20?;. The van der Waals surface area contributed by atoms with Gasteiger partial charge in [0.25, 0.3) is 0 Å². The monoisotopic (exact) mass is 380 g/mol. The molecule has 3 N–H and O–H groups in total. The summed E-state index contributed by atoms with van der Waals surface area (Å²) in [5.74, 6) is 0.345. The number of primary amides is 1. The van der Waals surface area contributed by atoms with Crippen molar-refractivity contribution < 1.29 is 14.6 Å². The number of carbonyl (C=O) groups excluding carboxylic acids is 1. The minimum atomic E-state index is -0.451. The first-order valence-corrected chi connectivity index (χ1v) is 9.37. The number of benzene rings is 1. The van der Waals surface area contributed by atoms with Gasteiger partial charge in [-0.2, -0.15) is 0 Å². The van der Waals surface area contributed by atoms with Gasteiger partial charge in [0.05, 0.1) is 5.60 Å². The Labute approximate surface area is 161 Å². The first kappa shape index (κ1) is 19.6. The van der Waals surface area contributed by atoms with Gasteiger partial charge in [-0.3, -0.25) is 9.69 Å². The molecule has 1 aromatic rings. The normalized spacial score (nSPS) is 32.5. The molecular formula is C20H29ClN2O3. The van der Waals surface area contributed by atoms with E-state index in [1.54, 1.807) is 13.2 Å². The summed E-state index contributed by atoms with van der Waals surface area (Å²) in [5.41, 5.74) is 6.31. The lowest BCUT2D eigenvalue weighted by atomic mass is 9.62. The Bertz CT molecular complexity index is 663. The van der Waals surface area contributed by atoms with Crippen LogP contribution in [-0.4, -0.2) is 48.3 Å². The zero-order valence-corrected chi connectivity index (χ0v) is 16.1. The summed E-state index contributed by atoms with van der Waals surface area (Å²) < 4.78 is 6.22. The molecular weight excluding hydrogens is 352 g/mol. The number of methoxy groups -OCH3 is 1. The van der Waals surface area contributed by atoms with E-state index in [1.165, 1.54) is 6.42 Å². The zero-order chi connectivity index (χ0) is 17.7. The van der Waals surface area contributed by atoms with Crippen LogP contribution in [0.1, 0.15) is 48.0 Å². The molecule has 2 saturated carbocycles. The number of nitrogens with zero attached hydrogens (tertiary/aromatic N) is 1. The van der Waals surface area contributed by atoms with Crippen LogP contribution in [0.5, 0.6) is 0 Å². The molecule has 2 bridgehead atoms. The number of β-amino-alcohol motifs (C(OH)–C–C–N with tert-alkyl or cyclic N) is 1. The van der Waals surface area contributed by atoms with Crippen molar-refractivity contribution in [2.45, 2.75) is 43.3 Å². The molecule has 1 amide bonds. The minimum absolute atomic E-state index is 0. The quantitative estimate of drug-likeness (QED) is 0.821. The first-order valence-electron chi connectivity index (χ1n) is 9.37. The highest BCUT2D eigenvalue weighted by atomic mass is 35.5. The fraction of sp³-hybridized carbons (Fsp3) is 0.650. The topological polar surface area (TPSA) is 75.8 Å². The van der Waals surface area contributed by atoms with Crippen molar-refractivity contribution in [3.63, 3.8) is 0 Å². The van der Waals surface area contributed by atoms with Gasteiger partial charge in [-0.05, 0) is 43.4 Å². The van der Waals surface area contributed by atoms with Crippen molar-refractivity contribution in [2.75, 3.05) is 26.7 Å². The number of hydrogen-bond donors (Lipinski definition) is 2. The average Bonchev–Trinajstić information content (AvgIpc) is 3.31. The molecule has 144 valence electrons. The first-order chi connectivity index (χ1) is 12.0. The van der Waals surface area contributed by atoms with E-state index < -0.39 is 11.5 Å². The molecule has 1 unspecified atom stereocenters. The zero-order valence-electron chi connectivity index (χ0n) is 15.3. The van der Waals surface area contributed by atoms with E-state index >= 15 is 0 Å². The highest BCUT2D eigenvalue weighted by molar-refractivity contribution is 5.92. The smallest absolute Gasteiger partial charge is 0.248 e. The summed E-state index contributed by atoms with van der Waals surface area (Å²) in [6.07, 6.45) is 5.29. The van der Waals surface area contributed by atoms with Crippen molar-refractivity contribution in [2.24, 2.45) is 17.6 Å². The molecule has 5 nitrogen and oxygen atoms in total. The van der Waals surface area contributed by atoms with Crippen LogP contribution in [0.15, 0.2) is 24.3 Å². The van der Waals surface area contributed by atoms with E-state index in [-0.39, 0.29) is 18.0 Å². The molecule has 4 rings (SSSR count). The second-order valence-electron chi connectivity index (χ2n) is 8.19. The Hall–Kier alpha value is -1.14. The van der Waals surface area contributed by atoms with Crippen LogP contribution < -0.4 is 5.73 Å². The van der Waals surface area contributed by atoms with Crippen molar-refractivity contribution in [1.29, 1.82) is 0 Å². The number of fused-ring (bicyclic) bond motifs is 2. The summed E-state index contributed by atoms with van der Waals surface area (Å²) >= 11 is 0. The Morgan fingerprint density at radius 1 is 1.31 bits per heavy atom. The predicted octanol–water partition coefficient (Wildman–Crippen LogP) is 2.31. The predicted molar refractivity (Wildman–Crippen MR) is 102 cm³/mol. The molecule has 26 heavy (non-hydrogen) atoms. The van der Waals surface area contributed by atoms with Crippen molar-refractivity contribution in [3.05, 3.63) is 35.4 Å². The van der Waals surface area contributed by atoms with Gasteiger partial charge < -0.3 is 15.6 Å². The van der Waals surface area contributed by atoms with Crippen LogP contribution in [0.25, 0.3) is 0 Å². The number of halogens is 1. The lowest BCUT2D eigenvalue weighted by molar-refractivity contribution is -0.172. The fourth-order valence-electron chi connectivity index (χ4n) is 5.21. The Balaban J connectivity index is 0.00000196. The van der Waals surface area contributed by atoms with Gasteiger partial charge in [-0.1, -0.05) is 18.6 Å². The van der Waals surface area contributed by atoms with E-state index in [9.17, 15) is 9.90 Å². The van der Waals surface area contributed by atoms with E-state index in [4.69, 9.17) is 10.5 Å². The summed E-state index contributed by atoms with van der Waals surface area (Å²) in [7, 11) is 1.80. The second-order valence-corrected chi connectivity index (χ2v) is 8.19. The number of likely N-dealkylation sites (tertiary alicyclic amines) is 1. The van der Waals surface area contributed by atoms with Crippen LogP contribution in [0.4, 0.5) is 0 Å². The van der Waals surface area contributed by atoms with Crippen LogP contribution in [-0.2, 0) is 10.3 Å². The van der Waals surface area contributed by atoms with E-state index in [0.717, 1.165) is 50.9 Å². The van der Waals surface area contributed by atoms with Gasteiger partial charge in [0.1, 0.15) is 5.60 Å². The molecule has 0 spiro atoms. The van der Waals surface area contributed by atoms with Crippen molar-refractivity contribution >= 4 is 18.3 Å². The molecule has 0 aromatic heterocycles. The van der Waals surface area contributed by atoms with Crippen molar-refractivity contribution in [1.82, 2.24) is 4.90 Å². The number of ether oxygens (including phenoxy) is 1. The molecule has 3 fully saturated rings. The van der Waals surface area contributed by atoms with Gasteiger partial charge in [-0.25, -0.2) is 0 Å². The molecule has 1 saturated heterocycles. The van der Waals surface area contributed by atoms with Gasteiger partial charge in [0, 0.05) is 44.1 Å². The third kappa shape index (κ3) is 3.26. The van der Waals surface area contributed by atoms with E-state index in [0.29, 0.717) is 17.4 Å². The lowest BCUT2D eigenvalue weighted by Gasteiger charge is -2.55.